The number of aliphatic imine (C=N–C) groups is 1. The molecule has 1 aromatic carbocycles. The minimum Gasteiger partial charge on any atom is -0.381 e. The van der Waals surface area contributed by atoms with Gasteiger partial charge in [0.2, 0.25) is 0 Å². The molecule has 0 atom stereocenters. The van der Waals surface area contributed by atoms with Crippen LogP contribution in [-0.4, -0.2) is 37.7 Å². The quantitative estimate of drug-likeness (QED) is 0.541. The molecular formula is C21H27F3N4OS. The number of halogens is 3. The van der Waals surface area contributed by atoms with Crippen molar-refractivity contribution in [3.63, 3.8) is 0 Å². The van der Waals surface area contributed by atoms with E-state index in [-0.39, 0.29) is 0 Å². The molecule has 0 saturated carbocycles. The molecular weight excluding hydrogens is 413 g/mol. The molecule has 30 heavy (non-hydrogen) atoms. The third kappa shape index (κ3) is 5.31. The van der Waals surface area contributed by atoms with Crippen molar-refractivity contribution in [2.75, 3.05) is 26.8 Å². The number of thiazole rings is 1. The van der Waals surface area contributed by atoms with Gasteiger partial charge in [-0.25, -0.2) is 4.98 Å². The zero-order valence-corrected chi connectivity index (χ0v) is 18.2. The fourth-order valence-corrected chi connectivity index (χ4v) is 4.48. The normalized spacial score (nSPS) is 17.1. The summed E-state index contributed by atoms with van der Waals surface area (Å²) in [6.45, 7) is 6.05. The lowest BCUT2D eigenvalue weighted by Gasteiger charge is -2.38. The molecule has 1 aliphatic heterocycles. The topological polar surface area (TPSA) is 58.5 Å². The number of guanidine groups is 1. The van der Waals surface area contributed by atoms with E-state index in [0.717, 1.165) is 16.8 Å². The number of rotatable bonds is 5. The number of benzene rings is 1. The molecule has 0 radical (unpaired) electrons. The van der Waals surface area contributed by atoms with Crippen molar-refractivity contribution in [2.24, 2.45) is 4.99 Å². The van der Waals surface area contributed by atoms with E-state index in [1.54, 1.807) is 24.5 Å². The van der Waals surface area contributed by atoms with Crippen LogP contribution in [0.4, 0.5) is 13.2 Å². The van der Waals surface area contributed by atoms with Crippen molar-refractivity contribution in [3.05, 3.63) is 51.0 Å². The number of nitrogens with one attached hydrogen (secondary N) is 2. The van der Waals surface area contributed by atoms with Gasteiger partial charge in [-0.2, -0.15) is 13.2 Å². The number of nitrogens with zero attached hydrogens (tertiary/aromatic N) is 2. The number of hydrogen-bond donors (Lipinski definition) is 2. The second-order valence-corrected chi connectivity index (χ2v) is 8.79. The number of aromatic nitrogens is 1. The average molecular weight is 441 g/mol. The summed E-state index contributed by atoms with van der Waals surface area (Å²) in [6.07, 6.45) is -3.08. The molecule has 1 aliphatic rings. The summed E-state index contributed by atoms with van der Waals surface area (Å²) in [5.41, 5.74) is 0.619. The Labute approximate surface area is 178 Å². The van der Waals surface area contributed by atoms with Gasteiger partial charge in [-0.1, -0.05) is 18.2 Å². The summed E-state index contributed by atoms with van der Waals surface area (Å²) in [5, 5.41) is 7.52. The van der Waals surface area contributed by atoms with Crippen LogP contribution in [0.2, 0.25) is 0 Å². The number of ether oxygens (including phenoxy) is 1. The van der Waals surface area contributed by atoms with E-state index in [1.165, 1.54) is 17.0 Å². The lowest BCUT2D eigenvalue weighted by atomic mass is 9.73. The van der Waals surface area contributed by atoms with Crippen LogP contribution in [0.5, 0.6) is 0 Å². The molecule has 3 rings (SSSR count). The maximum atomic E-state index is 13.2. The van der Waals surface area contributed by atoms with Gasteiger partial charge in [0, 0.05) is 37.1 Å². The second kappa shape index (κ2) is 9.34. The van der Waals surface area contributed by atoms with Gasteiger partial charge in [-0.3, -0.25) is 4.99 Å². The highest BCUT2D eigenvalue weighted by atomic mass is 32.1. The standard InChI is InChI=1S/C21H27F3N4OS/c1-14-15(2)30-18(28-14)12-26-19(25-3)27-13-20(7-9-29-10-8-20)16-5-4-6-17(11-16)21(22,23)24/h4-6,11H,7-10,12-13H2,1-3H3,(H2,25,26,27). The largest absolute Gasteiger partial charge is 0.416 e. The first-order chi connectivity index (χ1) is 14.2. The van der Waals surface area contributed by atoms with E-state index in [1.807, 2.05) is 13.8 Å². The van der Waals surface area contributed by atoms with Crippen molar-refractivity contribution in [2.45, 2.75) is 44.8 Å². The summed E-state index contributed by atoms with van der Waals surface area (Å²) < 4.78 is 45.2. The zero-order valence-electron chi connectivity index (χ0n) is 17.4. The van der Waals surface area contributed by atoms with Crippen LogP contribution in [0.3, 0.4) is 0 Å². The van der Waals surface area contributed by atoms with Crippen molar-refractivity contribution < 1.29 is 17.9 Å². The third-order valence-corrected chi connectivity index (χ3v) is 6.62. The van der Waals surface area contributed by atoms with Gasteiger partial charge in [0.25, 0.3) is 0 Å². The summed E-state index contributed by atoms with van der Waals surface area (Å²) in [5.74, 6) is 0.596. The van der Waals surface area contributed by atoms with Crippen LogP contribution >= 0.6 is 11.3 Å². The SMILES string of the molecule is CN=C(NCc1nc(C)c(C)s1)NCC1(c2cccc(C(F)(F)F)c2)CCOCC1. The van der Waals surface area contributed by atoms with Crippen LogP contribution in [-0.2, 0) is 22.9 Å². The molecule has 2 N–H and O–H groups in total. The Bertz CT molecular complexity index is 869. The van der Waals surface area contributed by atoms with Crippen molar-refractivity contribution in [3.8, 4) is 0 Å². The first kappa shape index (κ1) is 22.6. The Kier molecular flexibility index (Phi) is 7.02. The van der Waals surface area contributed by atoms with Crippen molar-refractivity contribution in [1.29, 1.82) is 0 Å². The van der Waals surface area contributed by atoms with Crippen LogP contribution in [0.25, 0.3) is 0 Å². The van der Waals surface area contributed by atoms with Crippen molar-refractivity contribution in [1.82, 2.24) is 15.6 Å². The molecule has 164 valence electrons. The fourth-order valence-electron chi connectivity index (χ4n) is 3.60. The molecule has 0 bridgehead atoms. The molecule has 2 heterocycles. The first-order valence-corrected chi connectivity index (χ1v) is 10.7. The lowest BCUT2D eigenvalue weighted by Crippen LogP contribution is -2.48. The lowest BCUT2D eigenvalue weighted by molar-refractivity contribution is -0.137. The van der Waals surface area contributed by atoms with E-state index in [4.69, 9.17) is 4.74 Å². The third-order valence-electron chi connectivity index (χ3n) is 5.55. The Morgan fingerprint density at radius 2 is 1.97 bits per heavy atom. The molecule has 0 aliphatic carbocycles. The molecule has 5 nitrogen and oxygen atoms in total. The van der Waals surface area contributed by atoms with Gasteiger partial charge >= 0.3 is 6.18 Å². The predicted molar refractivity (Wildman–Crippen MR) is 113 cm³/mol. The highest BCUT2D eigenvalue weighted by molar-refractivity contribution is 7.11. The Morgan fingerprint density at radius 3 is 2.57 bits per heavy atom. The van der Waals surface area contributed by atoms with E-state index < -0.39 is 17.2 Å². The molecule has 1 aromatic heterocycles. The van der Waals surface area contributed by atoms with Crippen LogP contribution < -0.4 is 10.6 Å². The maximum Gasteiger partial charge on any atom is 0.416 e. The van der Waals surface area contributed by atoms with Gasteiger partial charge < -0.3 is 15.4 Å². The monoisotopic (exact) mass is 440 g/mol. The molecule has 1 fully saturated rings. The highest BCUT2D eigenvalue weighted by Gasteiger charge is 2.37. The highest BCUT2D eigenvalue weighted by Crippen LogP contribution is 2.37. The minimum atomic E-state index is -4.36. The molecule has 2 aromatic rings. The van der Waals surface area contributed by atoms with Gasteiger partial charge in [-0.05, 0) is 38.3 Å². The zero-order chi connectivity index (χ0) is 21.8. The van der Waals surface area contributed by atoms with E-state index in [0.29, 0.717) is 50.7 Å². The number of aryl methyl sites for hydroxylation is 2. The minimum absolute atomic E-state index is 0.453. The summed E-state index contributed by atoms with van der Waals surface area (Å²) >= 11 is 1.63. The van der Waals surface area contributed by atoms with E-state index in [2.05, 4.69) is 20.6 Å². The maximum absolute atomic E-state index is 13.2. The first-order valence-electron chi connectivity index (χ1n) is 9.86. The Hall–Kier alpha value is -2.13. The second-order valence-electron chi connectivity index (χ2n) is 7.50. The van der Waals surface area contributed by atoms with Gasteiger partial charge in [0.05, 0.1) is 17.8 Å². The molecule has 0 amide bonds. The van der Waals surface area contributed by atoms with Gasteiger partial charge in [-0.15, -0.1) is 11.3 Å². The molecule has 1 saturated heterocycles. The molecule has 0 unspecified atom stereocenters. The van der Waals surface area contributed by atoms with Crippen molar-refractivity contribution >= 4 is 17.3 Å². The van der Waals surface area contributed by atoms with E-state index >= 15 is 0 Å². The van der Waals surface area contributed by atoms with Crippen LogP contribution in [0.15, 0.2) is 29.3 Å². The summed E-state index contributed by atoms with van der Waals surface area (Å²) in [7, 11) is 1.68. The van der Waals surface area contributed by atoms with Gasteiger partial charge in [0.1, 0.15) is 5.01 Å². The smallest absolute Gasteiger partial charge is 0.381 e. The predicted octanol–water partition coefficient (Wildman–Crippen LogP) is 4.19. The average Bonchev–Trinajstić information content (AvgIpc) is 3.05. The van der Waals surface area contributed by atoms with E-state index in [9.17, 15) is 13.2 Å². The number of hydrogen-bond acceptors (Lipinski definition) is 4. The molecule has 0 spiro atoms. The Morgan fingerprint density at radius 1 is 1.23 bits per heavy atom. The number of alkyl halides is 3. The fraction of sp³-hybridized carbons (Fsp3) is 0.524. The summed E-state index contributed by atoms with van der Waals surface area (Å²) in [6, 6.07) is 5.64. The van der Waals surface area contributed by atoms with Gasteiger partial charge in [0.15, 0.2) is 5.96 Å². The van der Waals surface area contributed by atoms with Crippen LogP contribution in [0, 0.1) is 13.8 Å². The van der Waals surface area contributed by atoms with Crippen LogP contribution in [0.1, 0.15) is 39.5 Å². The molecule has 9 heteroatoms. The summed E-state index contributed by atoms with van der Waals surface area (Å²) in [4.78, 5) is 9.95. The Balaban J connectivity index is 1.73.